The molecule has 1 N–H and O–H groups in total. The van der Waals surface area contributed by atoms with Crippen LogP contribution in [-0.4, -0.2) is 27.9 Å². The number of carbonyl (C=O) groups excluding carboxylic acids is 3. The summed E-state index contributed by atoms with van der Waals surface area (Å²) in [4.78, 5) is 31.6. The fourth-order valence-electron chi connectivity index (χ4n) is 1.18. The van der Waals surface area contributed by atoms with Gasteiger partial charge in [-0.3, -0.25) is 14.8 Å². The molecule has 0 spiro atoms. The van der Waals surface area contributed by atoms with Crippen molar-refractivity contribution in [3.05, 3.63) is 35.4 Å². The normalized spacial score (nSPS) is 12.3. The van der Waals surface area contributed by atoms with Gasteiger partial charge in [-0.2, -0.15) is 0 Å². The maximum absolute atomic E-state index is 11.1. The highest BCUT2D eigenvalue weighted by atomic mass is 16.5. The van der Waals surface area contributed by atoms with Gasteiger partial charge >= 0.3 is 0 Å². The van der Waals surface area contributed by atoms with E-state index in [0.29, 0.717) is 0 Å². The van der Waals surface area contributed by atoms with Crippen molar-refractivity contribution >= 4 is 17.6 Å². The molecule has 1 aliphatic heterocycles. The van der Waals surface area contributed by atoms with Crippen LogP contribution in [0.4, 0.5) is 0 Å². The molecule has 1 aliphatic rings. The number of benzene rings is 1. The minimum Gasteiger partial charge on any atom is -0.300 e. The standard InChI is InChI=1S/C8H5NO3.C3H6O.CH4/c10-7-5-3-1-2-4-6(5)8(11)9(7)12;1-3(2)4;/h1-4,12H;1-2H3;1H4. The van der Waals surface area contributed by atoms with E-state index in [1.807, 2.05) is 0 Å². The van der Waals surface area contributed by atoms with Crippen molar-refractivity contribution in [2.75, 3.05) is 0 Å². The molecule has 5 nitrogen and oxygen atoms in total. The summed E-state index contributed by atoms with van der Waals surface area (Å²) in [6.07, 6.45) is 0. The van der Waals surface area contributed by atoms with Gasteiger partial charge in [-0.05, 0) is 26.0 Å². The second-order valence-corrected chi connectivity index (χ2v) is 3.38. The monoisotopic (exact) mass is 237 g/mol. The van der Waals surface area contributed by atoms with Gasteiger partial charge in [0.1, 0.15) is 5.78 Å². The summed E-state index contributed by atoms with van der Waals surface area (Å²) in [5, 5.41) is 9.05. The first kappa shape index (κ1) is 15.0. The van der Waals surface area contributed by atoms with Gasteiger partial charge in [0, 0.05) is 0 Å². The predicted molar refractivity (Wildman–Crippen MR) is 61.8 cm³/mol. The summed E-state index contributed by atoms with van der Waals surface area (Å²) in [6, 6.07) is 6.30. The Kier molecular flexibility index (Phi) is 5.21. The van der Waals surface area contributed by atoms with E-state index in [1.54, 1.807) is 12.1 Å². The van der Waals surface area contributed by atoms with E-state index in [2.05, 4.69) is 0 Å². The molecule has 17 heavy (non-hydrogen) atoms. The smallest absolute Gasteiger partial charge is 0.285 e. The number of carbonyl (C=O) groups is 3. The van der Waals surface area contributed by atoms with Crippen LogP contribution in [0.15, 0.2) is 24.3 Å². The van der Waals surface area contributed by atoms with Gasteiger partial charge in [0.25, 0.3) is 11.8 Å². The highest BCUT2D eigenvalue weighted by Crippen LogP contribution is 2.19. The zero-order valence-electron chi connectivity index (χ0n) is 8.93. The van der Waals surface area contributed by atoms with Crippen LogP contribution < -0.4 is 0 Å². The molecule has 0 fully saturated rings. The average Bonchev–Trinajstić information content (AvgIpc) is 2.44. The average molecular weight is 237 g/mol. The molecule has 2 rings (SSSR count). The van der Waals surface area contributed by atoms with Gasteiger partial charge < -0.3 is 4.79 Å². The van der Waals surface area contributed by atoms with Crippen LogP contribution in [0.3, 0.4) is 0 Å². The number of amides is 2. The van der Waals surface area contributed by atoms with E-state index in [4.69, 9.17) is 5.21 Å². The molecule has 0 aromatic heterocycles. The Labute approximate surface area is 99.6 Å². The molecule has 0 bridgehead atoms. The van der Waals surface area contributed by atoms with Crippen molar-refractivity contribution in [1.82, 2.24) is 5.06 Å². The predicted octanol–water partition coefficient (Wildman–Crippen LogP) is 1.90. The maximum atomic E-state index is 11.1. The largest absolute Gasteiger partial charge is 0.300 e. The van der Waals surface area contributed by atoms with E-state index in [-0.39, 0.29) is 29.4 Å². The van der Waals surface area contributed by atoms with Gasteiger partial charge in [0.2, 0.25) is 0 Å². The van der Waals surface area contributed by atoms with E-state index in [1.165, 1.54) is 26.0 Å². The number of hydroxylamine groups is 2. The minimum absolute atomic E-state index is 0. The Balaban J connectivity index is 0.000000453. The van der Waals surface area contributed by atoms with Gasteiger partial charge in [-0.1, -0.05) is 19.6 Å². The van der Waals surface area contributed by atoms with Gasteiger partial charge in [0.05, 0.1) is 11.1 Å². The number of imide groups is 1. The fourth-order valence-corrected chi connectivity index (χ4v) is 1.18. The van der Waals surface area contributed by atoms with Crippen molar-refractivity contribution in [2.45, 2.75) is 21.3 Å². The lowest BCUT2D eigenvalue weighted by atomic mass is 10.1. The van der Waals surface area contributed by atoms with Crippen LogP contribution in [0.25, 0.3) is 0 Å². The lowest BCUT2D eigenvalue weighted by Gasteiger charge is -1.99. The molecule has 0 unspecified atom stereocenters. The van der Waals surface area contributed by atoms with Crippen molar-refractivity contribution in [1.29, 1.82) is 0 Å². The van der Waals surface area contributed by atoms with E-state index >= 15 is 0 Å². The van der Waals surface area contributed by atoms with Crippen LogP contribution in [0.2, 0.25) is 0 Å². The molecular formula is C12H15NO4. The number of nitrogens with zero attached hydrogens (tertiary/aromatic N) is 1. The highest BCUT2D eigenvalue weighted by Gasteiger charge is 2.33. The summed E-state index contributed by atoms with van der Waals surface area (Å²) in [5.41, 5.74) is 0.509. The topological polar surface area (TPSA) is 74.7 Å². The van der Waals surface area contributed by atoms with E-state index < -0.39 is 11.8 Å². The Bertz CT molecular complexity index is 415. The third-order valence-electron chi connectivity index (χ3n) is 1.77. The van der Waals surface area contributed by atoms with Crippen molar-refractivity contribution in [2.24, 2.45) is 0 Å². The molecule has 0 radical (unpaired) electrons. The van der Waals surface area contributed by atoms with Crippen LogP contribution in [0, 0.1) is 0 Å². The number of fused-ring (bicyclic) bond motifs is 1. The molecular weight excluding hydrogens is 222 g/mol. The van der Waals surface area contributed by atoms with Gasteiger partial charge in [-0.15, -0.1) is 5.06 Å². The number of ketones is 1. The first-order valence-corrected chi connectivity index (χ1v) is 4.59. The Morgan fingerprint density at radius 2 is 1.35 bits per heavy atom. The lowest BCUT2D eigenvalue weighted by molar-refractivity contribution is -0.115. The van der Waals surface area contributed by atoms with E-state index in [0.717, 1.165) is 0 Å². The highest BCUT2D eigenvalue weighted by molar-refractivity contribution is 6.20. The molecule has 1 heterocycles. The molecule has 0 aliphatic carbocycles. The molecule has 2 amide bonds. The Morgan fingerprint density at radius 1 is 1.06 bits per heavy atom. The zero-order chi connectivity index (χ0) is 12.3. The molecule has 0 saturated heterocycles. The molecule has 1 aromatic carbocycles. The molecule has 0 atom stereocenters. The summed E-state index contributed by atoms with van der Waals surface area (Å²) in [5.74, 6) is -1.15. The molecule has 5 heteroatoms. The van der Waals surface area contributed by atoms with Crippen LogP contribution in [0.5, 0.6) is 0 Å². The number of rotatable bonds is 0. The summed E-state index contributed by atoms with van der Waals surface area (Å²) in [6.45, 7) is 3.06. The number of hydrogen-bond donors (Lipinski definition) is 1. The van der Waals surface area contributed by atoms with Crippen LogP contribution >= 0.6 is 0 Å². The Morgan fingerprint density at radius 3 is 1.65 bits per heavy atom. The second-order valence-electron chi connectivity index (χ2n) is 3.38. The SMILES string of the molecule is C.CC(C)=O.O=C1c2ccccc2C(=O)N1O. The maximum Gasteiger partial charge on any atom is 0.285 e. The summed E-state index contributed by atoms with van der Waals surface area (Å²) >= 11 is 0. The third kappa shape index (κ3) is 3.22. The first-order chi connectivity index (χ1) is 7.45. The van der Waals surface area contributed by atoms with E-state index in [9.17, 15) is 14.4 Å². The lowest BCUT2D eigenvalue weighted by Crippen LogP contribution is -2.25. The minimum atomic E-state index is -0.657. The van der Waals surface area contributed by atoms with Gasteiger partial charge in [0.15, 0.2) is 0 Å². The molecule has 1 aromatic rings. The summed E-state index contributed by atoms with van der Waals surface area (Å²) in [7, 11) is 0. The third-order valence-corrected chi connectivity index (χ3v) is 1.77. The number of Topliss-reactive ketones (excluding diaryl/α,β-unsaturated/α-hetero) is 1. The van der Waals surface area contributed by atoms with Crippen molar-refractivity contribution < 1.29 is 19.6 Å². The second kappa shape index (κ2) is 5.91. The van der Waals surface area contributed by atoms with Crippen molar-refractivity contribution in [3.8, 4) is 0 Å². The number of hydrogen-bond acceptors (Lipinski definition) is 4. The van der Waals surface area contributed by atoms with Gasteiger partial charge in [-0.25, -0.2) is 0 Å². The van der Waals surface area contributed by atoms with Crippen molar-refractivity contribution in [3.63, 3.8) is 0 Å². The Hall–Kier alpha value is -2.01. The molecule has 0 saturated carbocycles. The quantitative estimate of drug-likeness (QED) is 0.552. The summed E-state index contributed by atoms with van der Waals surface area (Å²) < 4.78 is 0. The van der Waals surface area contributed by atoms with Crippen LogP contribution in [0.1, 0.15) is 42.0 Å². The fraction of sp³-hybridized carbons (Fsp3) is 0.250. The molecule has 92 valence electrons. The first-order valence-electron chi connectivity index (χ1n) is 4.59. The zero-order valence-corrected chi connectivity index (χ0v) is 8.93. The van der Waals surface area contributed by atoms with Crippen LogP contribution in [-0.2, 0) is 4.79 Å².